The Labute approximate surface area is 89.9 Å². The zero-order chi connectivity index (χ0) is 11.8. The van der Waals surface area contributed by atoms with Gasteiger partial charge in [-0.25, -0.2) is 0 Å². The lowest BCUT2D eigenvalue weighted by Gasteiger charge is -2.17. The van der Waals surface area contributed by atoms with Crippen molar-refractivity contribution in [1.82, 2.24) is 5.32 Å². The second-order valence-corrected chi connectivity index (χ2v) is 3.50. The van der Waals surface area contributed by atoms with Gasteiger partial charge in [0.2, 0.25) is 5.91 Å². The molecule has 0 spiro atoms. The van der Waals surface area contributed by atoms with E-state index < -0.39 is 11.7 Å². The van der Waals surface area contributed by atoms with Gasteiger partial charge < -0.3 is 10.2 Å². The van der Waals surface area contributed by atoms with Crippen LogP contribution in [0.25, 0.3) is 0 Å². The first-order chi connectivity index (χ1) is 7.47. The summed E-state index contributed by atoms with van der Waals surface area (Å²) in [5, 5.41) is 2.53. The Hall–Kier alpha value is -1.72. The van der Waals surface area contributed by atoms with Crippen molar-refractivity contribution in [1.29, 1.82) is 0 Å². The molecule has 0 saturated carbocycles. The first kappa shape index (κ1) is 10.8. The summed E-state index contributed by atoms with van der Waals surface area (Å²) in [7, 11) is 0. The van der Waals surface area contributed by atoms with Crippen molar-refractivity contribution in [2.45, 2.75) is 6.18 Å². The van der Waals surface area contributed by atoms with Crippen molar-refractivity contribution >= 4 is 11.6 Å². The second kappa shape index (κ2) is 3.70. The number of anilines is 1. The number of hydrogen-bond donors (Lipinski definition) is 1. The van der Waals surface area contributed by atoms with E-state index in [1.54, 1.807) is 11.0 Å². The van der Waals surface area contributed by atoms with Gasteiger partial charge in [0.25, 0.3) is 0 Å². The summed E-state index contributed by atoms with van der Waals surface area (Å²) in [4.78, 5) is 12.5. The summed E-state index contributed by atoms with van der Waals surface area (Å²) >= 11 is 0. The number of alkyl halides is 3. The van der Waals surface area contributed by atoms with Crippen molar-refractivity contribution < 1.29 is 18.0 Å². The van der Waals surface area contributed by atoms with E-state index in [1.807, 2.05) is 0 Å². The van der Waals surface area contributed by atoms with Gasteiger partial charge in [-0.15, -0.1) is 0 Å². The molecule has 3 nitrogen and oxygen atoms in total. The Morgan fingerprint density at radius 2 is 2.06 bits per heavy atom. The molecule has 0 radical (unpaired) electrons. The largest absolute Gasteiger partial charge is 0.416 e. The molecule has 1 saturated heterocycles. The molecule has 6 heteroatoms. The fourth-order valence-corrected chi connectivity index (χ4v) is 1.53. The number of rotatable bonds is 1. The molecule has 0 aliphatic carbocycles. The molecular weight excluding hydrogens is 221 g/mol. The van der Waals surface area contributed by atoms with Crippen LogP contribution >= 0.6 is 0 Å². The molecule has 16 heavy (non-hydrogen) atoms. The Bertz CT molecular complexity index is 417. The molecule has 1 heterocycles. The minimum Gasteiger partial charge on any atom is -0.345 e. The minimum atomic E-state index is -4.35. The molecule has 0 atom stereocenters. The third kappa shape index (κ3) is 2.10. The van der Waals surface area contributed by atoms with Crippen molar-refractivity contribution in [2.24, 2.45) is 0 Å². The number of nitrogens with one attached hydrogen (secondary N) is 1. The van der Waals surface area contributed by atoms with Crippen molar-refractivity contribution in [3.63, 3.8) is 0 Å². The summed E-state index contributed by atoms with van der Waals surface area (Å²) in [6.45, 7) is 0.349. The molecule has 1 N–H and O–H groups in total. The van der Waals surface area contributed by atoms with Crippen molar-refractivity contribution in [3.8, 4) is 0 Å². The van der Waals surface area contributed by atoms with Crippen molar-refractivity contribution in [2.75, 3.05) is 18.1 Å². The number of halogens is 3. The number of benzene rings is 1. The molecule has 0 aromatic heterocycles. The number of carbonyl (C=O) groups excluding carboxylic acids is 1. The van der Waals surface area contributed by atoms with Gasteiger partial charge in [-0.2, -0.15) is 13.2 Å². The van der Waals surface area contributed by atoms with Crippen LogP contribution in [0.15, 0.2) is 24.3 Å². The van der Waals surface area contributed by atoms with Crippen molar-refractivity contribution in [3.05, 3.63) is 29.8 Å². The monoisotopic (exact) mass is 230 g/mol. The van der Waals surface area contributed by atoms with Gasteiger partial charge >= 0.3 is 6.18 Å². The minimum absolute atomic E-state index is 0.0985. The first-order valence-corrected chi connectivity index (χ1v) is 4.66. The highest BCUT2D eigenvalue weighted by atomic mass is 19.4. The van der Waals surface area contributed by atoms with Crippen LogP contribution in [-0.4, -0.2) is 19.1 Å². The highest BCUT2D eigenvalue weighted by Gasteiger charge is 2.31. The van der Waals surface area contributed by atoms with Gasteiger partial charge in [0.05, 0.1) is 18.8 Å². The van der Waals surface area contributed by atoms with Gasteiger partial charge in [-0.05, 0) is 18.2 Å². The van der Waals surface area contributed by atoms with E-state index in [1.165, 1.54) is 6.07 Å². The van der Waals surface area contributed by atoms with Gasteiger partial charge in [0.15, 0.2) is 0 Å². The third-order valence-corrected chi connectivity index (χ3v) is 2.34. The fraction of sp³-hybridized carbons (Fsp3) is 0.300. The van der Waals surface area contributed by atoms with Crippen LogP contribution in [0.2, 0.25) is 0 Å². The highest BCUT2D eigenvalue weighted by Crippen LogP contribution is 2.31. The quantitative estimate of drug-likeness (QED) is 0.794. The summed E-state index contributed by atoms with van der Waals surface area (Å²) in [6.07, 6.45) is -4.35. The molecule has 1 aliphatic heterocycles. The lowest BCUT2D eigenvalue weighted by atomic mass is 10.2. The fourth-order valence-electron chi connectivity index (χ4n) is 1.53. The molecule has 86 valence electrons. The lowest BCUT2D eigenvalue weighted by molar-refractivity contribution is -0.137. The van der Waals surface area contributed by atoms with E-state index in [9.17, 15) is 18.0 Å². The van der Waals surface area contributed by atoms with Gasteiger partial charge in [0.1, 0.15) is 0 Å². The zero-order valence-electron chi connectivity index (χ0n) is 8.21. The van der Waals surface area contributed by atoms with Gasteiger partial charge in [-0.3, -0.25) is 4.79 Å². The van der Waals surface area contributed by atoms with Crippen LogP contribution in [0.5, 0.6) is 0 Å². The number of carbonyl (C=O) groups is 1. The molecule has 0 unspecified atom stereocenters. The number of nitrogens with zero attached hydrogens (tertiary/aromatic N) is 1. The summed E-state index contributed by atoms with van der Waals surface area (Å²) in [5.41, 5.74) is -0.308. The van der Waals surface area contributed by atoms with Gasteiger partial charge in [-0.1, -0.05) is 6.07 Å². The standard InChI is InChI=1S/C10H9F3N2O/c11-10(12,13)7-2-1-3-8(4-7)15-5-9(16)14-6-15/h1-4H,5-6H2,(H,14,16). The average Bonchev–Trinajstić information content (AvgIpc) is 2.64. The lowest BCUT2D eigenvalue weighted by Crippen LogP contribution is -2.21. The molecule has 1 fully saturated rings. The normalized spacial score (nSPS) is 16.4. The topological polar surface area (TPSA) is 32.3 Å². The third-order valence-electron chi connectivity index (χ3n) is 2.34. The van der Waals surface area contributed by atoms with Crippen LogP contribution in [0.3, 0.4) is 0 Å². The zero-order valence-corrected chi connectivity index (χ0v) is 8.21. The molecule has 2 rings (SSSR count). The van der Waals surface area contributed by atoms with E-state index in [0.717, 1.165) is 12.1 Å². The van der Waals surface area contributed by atoms with Gasteiger partial charge in [0, 0.05) is 5.69 Å². The smallest absolute Gasteiger partial charge is 0.345 e. The number of hydrogen-bond acceptors (Lipinski definition) is 2. The summed E-state index contributed by atoms with van der Waals surface area (Å²) in [6, 6.07) is 4.94. The molecular formula is C10H9F3N2O. The molecule has 0 bridgehead atoms. The van der Waals surface area contributed by atoms with Crippen LogP contribution in [0.1, 0.15) is 5.56 Å². The average molecular weight is 230 g/mol. The Kier molecular flexibility index (Phi) is 2.49. The Morgan fingerprint density at radius 3 is 2.62 bits per heavy atom. The predicted octanol–water partition coefficient (Wildman–Crippen LogP) is 1.60. The van der Waals surface area contributed by atoms with E-state index in [2.05, 4.69) is 5.32 Å². The Balaban J connectivity index is 2.26. The van der Waals surface area contributed by atoms with E-state index in [4.69, 9.17) is 0 Å². The van der Waals surface area contributed by atoms with Crippen LogP contribution in [-0.2, 0) is 11.0 Å². The maximum absolute atomic E-state index is 12.4. The first-order valence-electron chi connectivity index (χ1n) is 4.66. The molecule has 1 aromatic rings. The molecule has 1 amide bonds. The molecule has 1 aliphatic rings. The number of amides is 1. The maximum atomic E-state index is 12.4. The van der Waals surface area contributed by atoms with Crippen LogP contribution in [0.4, 0.5) is 18.9 Å². The maximum Gasteiger partial charge on any atom is 0.416 e. The second-order valence-electron chi connectivity index (χ2n) is 3.50. The van der Waals surface area contributed by atoms with Crippen LogP contribution in [0, 0.1) is 0 Å². The Morgan fingerprint density at radius 1 is 1.31 bits per heavy atom. The van der Waals surface area contributed by atoms with Crippen LogP contribution < -0.4 is 10.2 Å². The summed E-state index contributed by atoms with van der Waals surface area (Å²) < 4.78 is 37.3. The van der Waals surface area contributed by atoms with E-state index in [-0.39, 0.29) is 19.1 Å². The van der Waals surface area contributed by atoms with E-state index >= 15 is 0 Å². The SMILES string of the molecule is O=C1CN(c2cccc(C(F)(F)F)c2)CN1. The van der Waals surface area contributed by atoms with E-state index in [0.29, 0.717) is 5.69 Å². The molecule has 1 aromatic carbocycles. The summed E-state index contributed by atoms with van der Waals surface area (Å²) in [5.74, 6) is -0.183. The predicted molar refractivity (Wildman–Crippen MR) is 51.8 cm³/mol. The highest BCUT2D eigenvalue weighted by molar-refractivity contribution is 5.84.